The number of hydrogen-bond donors (Lipinski definition) is 0. The lowest BCUT2D eigenvalue weighted by Gasteiger charge is -2.36. The minimum absolute atomic E-state index is 0.257. The lowest BCUT2D eigenvalue weighted by Crippen LogP contribution is -2.43. The van der Waals surface area contributed by atoms with Crippen molar-refractivity contribution in [2.24, 2.45) is 5.92 Å². The first-order valence-corrected chi connectivity index (χ1v) is 7.05. The summed E-state index contributed by atoms with van der Waals surface area (Å²) < 4.78 is 16.6. The van der Waals surface area contributed by atoms with Gasteiger partial charge in [0, 0.05) is 19.8 Å². The normalized spacial score (nSPS) is 20.9. The molecule has 1 atom stereocenters. The summed E-state index contributed by atoms with van der Waals surface area (Å²) in [6.45, 7) is 2.17. The van der Waals surface area contributed by atoms with E-state index in [0.29, 0.717) is 13.0 Å². The Bertz CT molecular complexity index is 465. The summed E-state index contributed by atoms with van der Waals surface area (Å²) in [5, 5.41) is 0. The van der Waals surface area contributed by atoms with Crippen molar-refractivity contribution >= 4 is 5.97 Å². The van der Waals surface area contributed by atoms with Crippen molar-refractivity contribution in [1.82, 2.24) is 0 Å². The second-order valence-corrected chi connectivity index (χ2v) is 4.93. The largest absolute Gasteiger partial charge is 0.466 e. The van der Waals surface area contributed by atoms with Crippen LogP contribution in [0, 0.1) is 5.92 Å². The van der Waals surface area contributed by atoms with Gasteiger partial charge in [-0.05, 0) is 31.7 Å². The third kappa shape index (κ3) is 2.45. The van der Waals surface area contributed by atoms with Crippen molar-refractivity contribution in [2.45, 2.75) is 32.0 Å². The summed E-state index contributed by atoms with van der Waals surface area (Å²) in [6.07, 6.45) is 2.52. The van der Waals surface area contributed by atoms with E-state index in [4.69, 9.17) is 14.2 Å². The van der Waals surface area contributed by atoms with Crippen LogP contribution in [-0.4, -0.2) is 26.8 Å². The molecule has 0 bridgehead atoms. The second-order valence-electron chi connectivity index (χ2n) is 4.93. The standard InChI is InChI=1S/C16H22O4/c1-4-20-15(17)14-11-7-9-12-8-5-6-10-13(12)16(14,18-2)19-3/h5-6,8,10,14H,4,7,9,11H2,1-3H3. The lowest BCUT2D eigenvalue weighted by atomic mass is 9.89. The van der Waals surface area contributed by atoms with Gasteiger partial charge in [-0.3, -0.25) is 4.79 Å². The molecule has 0 heterocycles. The van der Waals surface area contributed by atoms with Crippen LogP contribution >= 0.6 is 0 Å². The lowest BCUT2D eigenvalue weighted by molar-refractivity contribution is -0.253. The van der Waals surface area contributed by atoms with Gasteiger partial charge in [-0.2, -0.15) is 0 Å². The number of carbonyl (C=O) groups excluding carboxylic acids is 1. The maximum absolute atomic E-state index is 12.3. The number of aryl methyl sites for hydroxylation is 1. The van der Waals surface area contributed by atoms with Gasteiger partial charge in [0.15, 0.2) is 0 Å². The Morgan fingerprint density at radius 1 is 1.30 bits per heavy atom. The SMILES string of the molecule is CCOC(=O)C1CCCc2ccccc2C1(OC)OC. The van der Waals surface area contributed by atoms with Crippen LogP contribution in [0.3, 0.4) is 0 Å². The maximum atomic E-state index is 12.3. The van der Waals surface area contributed by atoms with Gasteiger partial charge in [0.1, 0.15) is 5.92 Å². The third-order valence-corrected chi connectivity index (χ3v) is 3.97. The summed E-state index contributed by atoms with van der Waals surface area (Å²) in [4.78, 5) is 12.3. The average Bonchev–Trinajstić information content (AvgIpc) is 2.64. The van der Waals surface area contributed by atoms with E-state index in [2.05, 4.69) is 6.07 Å². The Morgan fingerprint density at radius 3 is 2.65 bits per heavy atom. The zero-order chi connectivity index (χ0) is 14.6. The Hall–Kier alpha value is -1.39. The third-order valence-electron chi connectivity index (χ3n) is 3.97. The molecule has 0 saturated carbocycles. The van der Waals surface area contributed by atoms with E-state index in [0.717, 1.165) is 18.4 Å². The highest BCUT2D eigenvalue weighted by Crippen LogP contribution is 2.42. The molecule has 110 valence electrons. The fourth-order valence-corrected chi connectivity index (χ4v) is 3.06. The maximum Gasteiger partial charge on any atom is 0.314 e. The van der Waals surface area contributed by atoms with Crippen LogP contribution in [0.25, 0.3) is 0 Å². The minimum atomic E-state index is -1.06. The molecule has 4 heteroatoms. The van der Waals surface area contributed by atoms with Crippen molar-refractivity contribution in [1.29, 1.82) is 0 Å². The fourth-order valence-electron chi connectivity index (χ4n) is 3.06. The first-order chi connectivity index (χ1) is 9.69. The minimum Gasteiger partial charge on any atom is -0.466 e. The molecule has 0 amide bonds. The molecule has 0 radical (unpaired) electrons. The first kappa shape index (κ1) is 15.0. The van der Waals surface area contributed by atoms with Crippen LogP contribution in [0.2, 0.25) is 0 Å². The molecule has 0 N–H and O–H groups in total. The number of ether oxygens (including phenoxy) is 3. The molecule has 0 saturated heterocycles. The molecular formula is C16H22O4. The molecule has 1 aromatic rings. The Morgan fingerprint density at radius 2 is 2.00 bits per heavy atom. The van der Waals surface area contributed by atoms with Crippen LogP contribution in [0.15, 0.2) is 24.3 Å². The number of methoxy groups -OCH3 is 2. The van der Waals surface area contributed by atoms with Gasteiger partial charge in [-0.15, -0.1) is 0 Å². The molecule has 0 spiro atoms. The smallest absolute Gasteiger partial charge is 0.314 e. The van der Waals surface area contributed by atoms with Crippen LogP contribution in [0.5, 0.6) is 0 Å². The van der Waals surface area contributed by atoms with Crippen molar-refractivity contribution in [3.8, 4) is 0 Å². The zero-order valence-corrected chi connectivity index (χ0v) is 12.3. The summed E-state index contributed by atoms with van der Waals surface area (Å²) in [7, 11) is 3.16. The topological polar surface area (TPSA) is 44.8 Å². The number of rotatable bonds is 4. The molecule has 1 aliphatic rings. The van der Waals surface area contributed by atoms with Crippen LogP contribution in [0.4, 0.5) is 0 Å². The van der Waals surface area contributed by atoms with E-state index in [1.54, 1.807) is 14.2 Å². The van der Waals surface area contributed by atoms with E-state index in [1.165, 1.54) is 5.56 Å². The van der Waals surface area contributed by atoms with Crippen LogP contribution < -0.4 is 0 Å². The van der Waals surface area contributed by atoms with E-state index in [-0.39, 0.29) is 5.97 Å². The first-order valence-electron chi connectivity index (χ1n) is 7.05. The highest BCUT2D eigenvalue weighted by atomic mass is 16.7. The van der Waals surface area contributed by atoms with E-state index < -0.39 is 11.7 Å². The highest BCUT2D eigenvalue weighted by molar-refractivity contribution is 5.74. The fraction of sp³-hybridized carbons (Fsp3) is 0.562. The molecule has 1 unspecified atom stereocenters. The summed E-state index contributed by atoms with van der Waals surface area (Å²) in [5.41, 5.74) is 2.10. The van der Waals surface area contributed by atoms with E-state index in [1.807, 2.05) is 25.1 Å². The van der Waals surface area contributed by atoms with Crippen LogP contribution in [0.1, 0.15) is 30.9 Å². The number of carbonyl (C=O) groups is 1. The molecule has 2 rings (SSSR count). The zero-order valence-electron chi connectivity index (χ0n) is 12.3. The van der Waals surface area contributed by atoms with Crippen molar-refractivity contribution in [3.05, 3.63) is 35.4 Å². The molecule has 20 heavy (non-hydrogen) atoms. The summed E-state index contributed by atoms with van der Waals surface area (Å²) >= 11 is 0. The summed E-state index contributed by atoms with van der Waals surface area (Å²) in [5.74, 6) is -1.76. The Kier molecular flexibility index (Phi) is 4.78. The van der Waals surface area contributed by atoms with Gasteiger partial charge in [0.25, 0.3) is 0 Å². The molecule has 1 aliphatic carbocycles. The van der Waals surface area contributed by atoms with Gasteiger partial charge in [0.2, 0.25) is 5.79 Å². The van der Waals surface area contributed by atoms with Crippen LogP contribution in [-0.2, 0) is 31.2 Å². The van der Waals surface area contributed by atoms with Gasteiger partial charge in [-0.1, -0.05) is 24.3 Å². The number of hydrogen-bond acceptors (Lipinski definition) is 4. The Labute approximate surface area is 120 Å². The predicted molar refractivity (Wildman–Crippen MR) is 75.2 cm³/mol. The Balaban J connectivity index is 2.51. The molecule has 4 nitrogen and oxygen atoms in total. The number of benzene rings is 1. The van der Waals surface area contributed by atoms with Gasteiger partial charge in [0.05, 0.1) is 6.61 Å². The monoisotopic (exact) mass is 278 g/mol. The average molecular weight is 278 g/mol. The van der Waals surface area contributed by atoms with Gasteiger partial charge < -0.3 is 14.2 Å². The number of fused-ring (bicyclic) bond motifs is 1. The predicted octanol–water partition coefficient (Wildman–Crippen LogP) is 2.65. The molecule has 0 fully saturated rings. The number of esters is 1. The van der Waals surface area contributed by atoms with E-state index >= 15 is 0 Å². The molecule has 0 aliphatic heterocycles. The summed E-state index contributed by atoms with van der Waals surface area (Å²) in [6, 6.07) is 7.98. The highest BCUT2D eigenvalue weighted by Gasteiger charge is 2.48. The van der Waals surface area contributed by atoms with Gasteiger partial charge in [-0.25, -0.2) is 0 Å². The van der Waals surface area contributed by atoms with E-state index in [9.17, 15) is 4.79 Å². The van der Waals surface area contributed by atoms with Crippen molar-refractivity contribution < 1.29 is 19.0 Å². The van der Waals surface area contributed by atoms with Gasteiger partial charge >= 0.3 is 5.97 Å². The molecule has 1 aromatic carbocycles. The molecule has 0 aromatic heterocycles. The van der Waals surface area contributed by atoms with Crippen molar-refractivity contribution in [2.75, 3.05) is 20.8 Å². The molecular weight excluding hydrogens is 256 g/mol. The second kappa shape index (κ2) is 6.37. The quantitative estimate of drug-likeness (QED) is 0.482. The van der Waals surface area contributed by atoms with Crippen molar-refractivity contribution in [3.63, 3.8) is 0 Å².